The van der Waals surface area contributed by atoms with Gasteiger partial charge in [0, 0.05) is 11.0 Å². The van der Waals surface area contributed by atoms with Crippen LogP contribution in [0.5, 0.6) is 5.75 Å². The SMILES string of the molecule is CCOc1cccc(CNC(=O)c2cccc(Br)c2Cl)c1. The number of carbonyl (C=O) groups is 1. The lowest BCUT2D eigenvalue weighted by Crippen LogP contribution is -2.23. The molecule has 0 fully saturated rings. The number of ether oxygens (including phenoxy) is 1. The van der Waals surface area contributed by atoms with Gasteiger partial charge in [0.05, 0.1) is 17.2 Å². The van der Waals surface area contributed by atoms with Gasteiger partial charge in [-0.2, -0.15) is 0 Å². The van der Waals surface area contributed by atoms with Crippen LogP contribution in [-0.4, -0.2) is 12.5 Å². The maximum Gasteiger partial charge on any atom is 0.253 e. The van der Waals surface area contributed by atoms with Gasteiger partial charge in [-0.05, 0) is 52.7 Å². The summed E-state index contributed by atoms with van der Waals surface area (Å²) in [6, 6.07) is 12.9. The second-order valence-corrected chi connectivity index (χ2v) is 5.60. The largest absolute Gasteiger partial charge is 0.494 e. The highest BCUT2D eigenvalue weighted by Crippen LogP contribution is 2.25. The highest BCUT2D eigenvalue weighted by atomic mass is 79.9. The molecule has 0 heterocycles. The number of amides is 1. The molecule has 0 aliphatic heterocycles. The zero-order valence-electron chi connectivity index (χ0n) is 11.5. The molecule has 2 aromatic rings. The Morgan fingerprint density at radius 3 is 2.81 bits per heavy atom. The maximum atomic E-state index is 12.2. The third-order valence-corrected chi connectivity index (χ3v) is 4.16. The van der Waals surface area contributed by atoms with E-state index < -0.39 is 0 Å². The number of benzene rings is 2. The maximum absolute atomic E-state index is 12.2. The van der Waals surface area contributed by atoms with E-state index >= 15 is 0 Å². The molecule has 1 amide bonds. The van der Waals surface area contributed by atoms with Gasteiger partial charge in [0.2, 0.25) is 0 Å². The van der Waals surface area contributed by atoms with Crippen LogP contribution in [0.15, 0.2) is 46.9 Å². The normalized spacial score (nSPS) is 10.2. The summed E-state index contributed by atoms with van der Waals surface area (Å²) in [6.07, 6.45) is 0. The van der Waals surface area contributed by atoms with Gasteiger partial charge in [0.1, 0.15) is 5.75 Å². The van der Waals surface area contributed by atoms with Crippen LogP contribution in [0.1, 0.15) is 22.8 Å². The second kappa shape index (κ2) is 7.48. The predicted molar refractivity (Wildman–Crippen MR) is 87.9 cm³/mol. The molecule has 0 spiro atoms. The first kappa shape index (κ1) is 15.9. The van der Waals surface area contributed by atoms with Gasteiger partial charge in [-0.1, -0.05) is 29.8 Å². The molecule has 0 saturated heterocycles. The molecule has 5 heteroatoms. The van der Waals surface area contributed by atoms with Crippen LogP contribution in [0, 0.1) is 0 Å². The minimum atomic E-state index is -0.205. The van der Waals surface area contributed by atoms with Gasteiger partial charge < -0.3 is 10.1 Å². The Morgan fingerprint density at radius 1 is 1.29 bits per heavy atom. The third-order valence-electron chi connectivity index (χ3n) is 2.86. The van der Waals surface area contributed by atoms with Crippen LogP contribution < -0.4 is 10.1 Å². The molecule has 3 nitrogen and oxygen atoms in total. The average Bonchev–Trinajstić information content (AvgIpc) is 2.48. The number of halogens is 2. The van der Waals surface area contributed by atoms with E-state index in [9.17, 15) is 4.79 Å². The van der Waals surface area contributed by atoms with Crippen molar-refractivity contribution in [2.75, 3.05) is 6.61 Å². The summed E-state index contributed by atoms with van der Waals surface area (Å²) >= 11 is 9.42. The van der Waals surface area contributed by atoms with Crippen molar-refractivity contribution in [3.05, 3.63) is 63.1 Å². The van der Waals surface area contributed by atoms with Crippen LogP contribution >= 0.6 is 27.5 Å². The fourth-order valence-electron chi connectivity index (χ4n) is 1.87. The number of rotatable bonds is 5. The third kappa shape index (κ3) is 4.22. The lowest BCUT2D eigenvalue weighted by atomic mass is 10.2. The fourth-order valence-corrected chi connectivity index (χ4v) is 2.45. The Labute approximate surface area is 137 Å². The first-order valence-electron chi connectivity index (χ1n) is 6.55. The highest BCUT2D eigenvalue weighted by molar-refractivity contribution is 9.10. The van der Waals surface area contributed by atoms with Crippen molar-refractivity contribution in [1.29, 1.82) is 0 Å². The zero-order chi connectivity index (χ0) is 15.2. The summed E-state index contributed by atoms with van der Waals surface area (Å²) in [4.78, 5) is 12.2. The monoisotopic (exact) mass is 367 g/mol. The highest BCUT2D eigenvalue weighted by Gasteiger charge is 2.11. The van der Waals surface area contributed by atoms with E-state index in [0.29, 0.717) is 28.2 Å². The van der Waals surface area contributed by atoms with E-state index in [4.69, 9.17) is 16.3 Å². The molecule has 0 bridgehead atoms. The number of carbonyl (C=O) groups excluding carboxylic acids is 1. The minimum Gasteiger partial charge on any atom is -0.494 e. The molecule has 0 aromatic heterocycles. The van der Waals surface area contributed by atoms with Crippen LogP contribution in [0.4, 0.5) is 0 Å². The average molecular weight is 369 g/mol. The number of hydrogen-bond acceptors (Lipinski definition) is 2. The van der Waals surface area contributed by atoms with E-state index in [-0.39, 0.29) is 5.91 Å². The van der Waals surface area contributed by atoms with E-state index in [0.717, 1.165) is 11.3 Å². The number of hydrogen-bond donors (Lipinski definition) is 1. The van der Waals surface area contributed by atoms with Gasteiger partial charge in [0.15, 0.2) is 0 Å². The van der Waals surface area contributed by atoms with Crippen LogP contribution in [0.25, 0.3) is 0 Å². The summed E-state index contributed by atoms with van der Waals surface area (Å²) in [5.41, 5.74) is 1.42. The lowest BCUT2D eigenvalue weighted by molar-refractivity contribution is 0.0951. The first-order chi connectivity index (χ1) is 10.1. The Balaban J connectivity index is 2.04. The van der Waals surface area contributed by atoms with E-state index in [2.05, 4.69) is 21.2 Å². The van der Waals surface area contributed by atoms with Gasteiger partial charge in [0.25, 0.3) is 5.91 Å². The predicted octanol–water partition coefficient (Wildman–Crippen LogP) is 4.43. The molecule has 0 radical (unpaired) electrons. The zero-order valence-corrected chi connectivity index (χ0v) is 13.9. The second-order valence-electron chi connectivity index (χ2n) is 4.36. The Morgan fingerprint density at radius 2 is 2.05 bits per heavy atom. The Kier molecular flexibility index (Phi) is 5.65. The molecule has 0 aliphatic rings. The van der Waals surface area contributed by atoms with Crippen molar-refractivity contribution in [3.8, 4) is 5.75 Å². The molecular formula is C16H15BrClNO2. The van der Waals surface area contributed by atoms with Crippen molar-refractivity contribution in [2.24, 2.45) is 0 Å². The summed E-state index contributed by atoms with van der Waals surface area (Å²) in [6.45, 7) is 2.97. The molecule has 0 aliphatic carbocycles. The Hall–Kier alpha value is -1.52. The molecule has 110 valence electrons. The molecule has 0 saturated carbocycles. The summed E-state index contributed by atoms with van der Waals surface area (Å²) in [5.74, 6) is 0.591. The van der Waals surface area contributed by atoms with E-state index in [1.165, 1.54) is 0 Å². The van der Waals surface area contributed by atoms with Crippen LogP contribution in [-0.2, 0) is 6.54 Å². The number of nitrogens with one attached hydrogen (secondary N) is 1. The van der Waals surface area contributed by atoms with E-state index in [1.807, 2.05) is 31.2 Å². The first-order valence-corrected chi connectivity index (χ1v) is 7.73. The summed E-state index contributed by atoms with van der Waals surface area (Å²) in [7, 11) is 0. The molecule has 2 aromatic carbocycles. The fraction of sp³-hybridized carbons (Fsp3) is 0.188. The van der Waals surface area contributed by atoms with Crippen molar-refractivity contribution >= 4 is 33.4 Å². The molecule has 2 rings (SSSR count). The van der Waals surface area contributed by atoms with Crippen LogP contribution in [0.2, 0.25) is 5.02 Å². The lowest BCUT2D eigenvalue weighted by Gasteiger charge is -2.09. The van der Waals surface area contributed by atoms with Gasteiger partial charge in [-0.3, -0.25) is 4.79 Å². The smallest absolute Gasteiger partial charge is 0.253 e. The quantitative estimate of drug-likeness (QED) is 0.848. The van der Waals surface area contributed by atoms with Gasteiger partial charge >= 0.3 is 0 Å². The van der Waals surface area contributed by atoms with Crippen molar-refractivity contribution in [1.82, 2.24) is 5.32 Å². The van der Waals surface area contributed by atoms with Crippen molar-refractivity contribution < 1.29 is 9.53 Å². The van der Waals surface area contributed by atoms with Gasteiger partial charge in [-0.15, -0.1) is 0 Å². The van der Waals surface area contributed by atoms with Crippen LogP contribution in [0.3, 0.4) is 0 Å². The minimum absolute atomic E-state index is 0.205. The van der Waals surface area contributed by atoms with E-state index in [1.54, 1.807) is 18.2 Å². The van der Waals surface area contributed by atoms with Crippen molar-refractivity contribution in [2.45, 2.75) is 13.5 Å². The summed E-state index contributed by atoms with van der Waals surface area (Å²) < 4.78 is 6.14. The molecule has 21 heavy (non-hydrogen) atoms. The molecule has 0 atom stereocenters. The van der Waals surface area contributed by atoms with Gasteiger partial charge in [-0.25, -0.2) is 0 Å². The van der Waals surface area contributed by atoms with Crippen molar-refractivity contribution in [3.63, 3.8) is 0 Å². The molecule has 1 N–H and O–H groups in total. The standard InChI is InChI=1S/C16H15BrClNO2/c1-2-21-12-6-3-5-11(9-12)10-19-16(20)13-7-4-8-14(17)15(13)18/h3-9H,2,10H2,1H3,(H,19,20). The topological polar surface area (TPSA) is 38.3 Å². The molecular weight excluding hydrogens is 354 g/mol. The molecule has 0 unspecified atom stereocenters. The Bertz CT molecular complexity index is 646. The summed E-state index contributed by atoms with van der Waals surface area (Å²) in [5, 5.41) is 3.27.